The Morgan fingerprint density at radius 1 is 1.33 bits per heavy atom. The van der Waals surface area contributed by atoms with Crippen molar-refractivity contribution in [1.82, 2.24) is 0 Å². The fraction of sp³-hybridized carbons (Fsp3) is 0.143. The third-order valence-corrected chi connectivity index (χ3v) is 1.58. The fourth-order valence-corrected chi connectivity index (χ4v) is 0.948. The summed E-state index contributed by atoms with van der Waals surface area (Å²) in [6.07, 6.45) is 0. The molecular formula is C7H8O4S. The van der Waals surface area contributed by atoms with Crippen LogP contribution in [0.1, 0.15) is 5.56 Å². The summed E-state index contributed by atoms with van der Waals surface area (Å²) in [5, 5.41) is 8.88. The number of hydrogen-bond acceptors (Lipinski definition) is 3. The standard InChI is InChI=1S/C7H8O4S/c8-7-3-1-6(2-4-7)5-11-12(9)10/h1-4,8H,5H2,(H,9,10). The van der Waals surface area contributed by atoms with Gasteiger partial charge in [-0.25, -0.2) is 0 Å². The van der Waals surface area contributed by atoms with Gasteiger partial charge >= 0.3 is 11.4 Å². The molecular weight excluding hydrogens is 180 g/mol. The Bertz CT molecular complexity index is 269. The molecule has 1 atom stereocenters. The van der Waals surface area contributed by atoms with Crippen molar-refractivity contribution in [2.75, 3.05) is 0 Å². The molecule has 12 heavy (non-hydrogen) atoms. The molecule has 0 bridgehead atoms. The number of benzene rings is 1. The molecule has 0 amide bonds. The van der Waals surface area contributed by atoms with Crippen molar-refractivity contribution < 1.29 is 18.1 Å². The second-order valence-electron chi connectivity index (χ2n) is 2.15. The molecule has 0 aromatic heterocycles. The summed E-state index contributed by atoms with van der Waals surface area (Å²) >= 11 is -2.23. The first-order valence-corrected chi connectivity index (χ1v) is 4.23. The average molecular weight is 188 g/mol. The van der Waals surface area contributed by atoms with Gasteiger partial charge in [-0.2, -0.15) is 4.21 Å². The van der Waals surface area contributed by atoms with E-state index in [2.05, 4.69) is 4.18 Å². The van der Waals surface area contributed by atoms with Crippen molar-refractivity contribution in [3.63, 3.8) is 0 Å². The van der Waals surface area contributed by atoms with Gasteiger partial charge in [0, 0.05) is 0 Å². The summed E-state index contributed by atoms with van der Waals surface area (Å²) in [5.41, 5.74) is 0.732. The zero-order chi connectivity index (χ0) is 8.97. The van der Waals surface area contributed by atoms with Gasteiger partial charge in [0.1, 0.15) is 5.75 Å². The van der Waals surface area contributed by atoms with Crippen molar-refractivity contribution in [1.29, 1.82) is 0 Å². The maximum Gasteiger partial charge on any atom is 0.302 e. The maximum absolute atomic E-state index is 10.1. The van der Waals surface area contributed by atoms with E-state index in [1.165, 1.54) is 12.1 Å². The van der Waals surface area contributed by atoms with Crippen LogP contribution in [0.4, 0.5) is 0 Å². The third-order valence-electron chi connectivity index (χ3n) is 1.26. The molecule has 0 spiro atoms. The Hall–Kier alpha value is -0.910. The van der Waals surface area contributed by atoms with Gasteiger partial charge in [0.2, 0.25) is 0 Å². The largest absolute Gasteiger partial charge is 0.508 e. The molecule has 1 aromatic rings. The van der Waals surface area contributed by atoms with Crippen LogP contribution in [0.25, 0.3) is 0 Å². The van der Waals surface area contributed by atoms with Crippen LogP contribution in [0.2, 0.25) is 0 Å². The minimum Gasteiger partial charge on any atom is -0.508 e. The van der Waals surface area contributed by atoms with Crippen molar-refractivity contribution in [3.05, 3.63) is 29.8 Å². The van der Waals surface area contributed by atoms with Crippen LogP contribution >= 0.6 is 0 Å². The zero-order valence-electron chi connectivity index (χ0n) is 6.14. The molecule has 66 valence electrons. The van der Waals surface area contributed by atoms with Crippen molar-refractivity contribution in [2.24, 2.45) is 0 Å². The normalized spacial score (nSPS) is 12.8. The summed E-state index contributed by atoms with van der Waals surface area (Å²) in [4.78, 5) is 0. The second kappa shape index (κ2) is 4.20. The molecule has 0 fully saturated rings. The first-order valence-electron chi connectivity index (χ1n) is 3.20. The van der Waals surface area contributed by atoms with Gasteiger partial charge in [-0.1, -0.05) is 12.1 Å². The van der Waals surface area contributed by atoms with E-state index in [0.29, 0.717) is 0 Å². The quantitative estimate of drug-likeness (QED) is 0.695. The Balaban J connectivity index is 2.53. The topological polar surface area (TPSA) is 66.8 Å². The van der Waals surface area contributed by atoms with Gasteiger partial charge in [-0.15, -0.1) is 0 Å². The number of phenols is 1. The molecule has 0 aliphatic rings. The lowest BCUT2D eigenvalue weighted by Gasteiger charge is -1.98. The summed E-state index contributed by atoms with van der Waals surface area (Å²) in [7, 11) is 0. The van der Waals surface area contributed by atoms with Crippen LogP contribution in [0.5, 0.6) is 5.75 Å². The highest BCUT2D eigenvalue weighted by Crippen LogP contribution is 2.10. The van der Waals surface area contributed by atoms with Gasteiger partial charge in [-0.05, 0) is 17.7 Å². The van der Waals surface area contributed by atoms with E-state index < -0.39 is 11.4 Å². The Morgan fingerprint density at radius 3 is 2.42 bits per heavy atom. The maximum atomic E-state index is 10.1. The van der Waals surface area contributed by atoms with E-state index >= 15 is 0 Å². The molecule has 0 saturated carbocycles. The zero-order valence-corrected chi connectivity index (χ0v) is 6.95. The van der Waals surface area contributed by atoms with Gasteiger partial charge in [0.15, 0.2) is 0 Å². The number of hydrogen-bond donors (Lipinski definition) is 2. The predicted octanol–water partition coefficient (Wildman–Crippen LogP) is 1.05. The van der Waals surface area contributed by atoms with Gasteiger partial charge in [0.05, 0.1) is 6.61 Å². The second-order valence-corrected chi connectivity index (χ2v) is 2.82. The highest BCUT2D eigenvalue weighted by molar-refractivity contribution is 7.74. The van der Waals surface area contributed by atoms with Crippen LogP contribution in [0.3, 0.4) is 0 Å². The van der Waals surface area contributed by atoms with Gasteiger partial charge in [-0.3, -0.25) is 8.74 Å². The van der Waals surface area contributed by atoms with E-state index in [-0.39, 0.29) is 12.4 Å². The predicted molar refractivity (Wildman–Crippen MR) is 43.7 cm³/mol. The van der Waals surface area contributed by atoms with E-state index in [1.54, 1.807) is 12.1 Å². The Kier molecular flexibility index (Phi) is 3.21. The van der Waals surface area contributed by atoms with Crippen LogP contribution in [-0.4, -0.2) is 13.9 Å². The van der Waals surface area contributed by atoms with Gasteiger partial charge in [0.25, 0.3) is 0 Å². The minimum atomic E-state index is -2.23. The van der Waals surface area contributed by atoms with Crippen LogP contribution < -0.4 is 0 Å². The van der Waals surface area contributed by atoms with Crippen molar-refractivity contribution in [3.8, 4) is 5.75 Å². The van der Waals surface area contributed by atoms with Crippen molar-refractivity contribution >= 4 is 11.4 Å². The molecule has 0 heterocycles. The van der Waals surface area contributed by atoms with E-state index in [1.807, 2.05) is 0 Å². The summed E-state index contributed by atoms with van der Waals surface area (Å²) in [6, 6.07) is 6.20. The van der Waals surface area contributed by atoms with E-state index in [4.69, 9.17) is 9.66 Å². The number of aromatic hydroxyl groups is 1. The van der Waals surface area contributed by atoms with Crippen LogP contribution in [0.15, 0.2) is 24.3 Å². The molecule has 0 saturated heterocycles. The third kappa shape index (κ3) is 3.00. The molecule has 1 unspecified atom stereocenters. The molecule has 1 rings (SSSR count). The van der Waals surface area contributed by atoms with E-state index in [0.717, 1.165) is 5.56 Å². The highest BCUT2D eigenvalue weighted by Gasteiger charge is 1.96. The fourth-order valence-electron chi connectivity index (χ4n) is 0.711. The monoisotopic (exact) mass is 188 g/mol. The van der Waals surface area contributed by atoms with E-state index in [9.17, 15) is 4.21 Å². The lowest BCUT2D eigenvalue weighted by atomic mass is 10.2. The van der Waals surface area contributed by atoms with Crippen molar-refractivity contribution in [2.45, 2.75) is 6.61 Å². The molecule has 0 aliphatic carbocycles. The lowest BCUT2D eigenvalue weighted by molar-refractivity contribution is 0.297. The van der Waals surface area contributed by atoms with Gasteiger partial charge < -0.3 is 5.11 Å². The number of phenolic OH excluding ortho intramolecular Hbond substituents is 1. The lowest BCUT2D eigenvalue weighted by Crippen LogP contribution is -1.95. The molecule has 5 heteroatoms. The smallest absolute Gasteiger partial charge is 0.302 e. The van der Waals surface area contributed by atoms with Crippen LogP contribution in [0, 0.1) is 0 Å². The Morgan fingerprint density at radius 2 is 1.92 bits per heavy atom. The highest BCUT2D eigenvalue weighted by atomic mass is 32.2. The average Bonchev–Trinajstić information content (AvgIpc) is 2.03. The summed E-state index contributed by atoms with van der Waals surface area (Å²) in [6.45, 7) is 0.0589. The minimum absolute atomic E-state index is 0.0589. The molecule has 0 aliphatic heterocycles. The molecule has 1 aromatic carbocycles. The first-order chi connectivity index (χ1) is 5.68. The summed E-state index contributed by atoms with van der Waals surface area (Å²) < 4.78 is 22.8. The SMILES string of the molecule is O=S(O)OCc1ccc(O)cc1. The molecule has 4 nitrogen and oxygen atoms in total. The Labute approximate surface area is 72.3 Å². The summed E-state index contributed by atoms with van der Waals surface area (Å²) in [5.74, 6) is 0.156. The first kappa shape index (κ1) is 9.18. The molecule has 0 radical (unpaired) electrons. The number of rotatable bonds is 3. The molecule has 2 N–H and O–H groups in total. The van der Waals surface area contributed by atoms with Crippen LogP contribution in [-0.2, 0) is 22.2 Å².